The van der Waals surface area contributed by atoms with E-state index in [9.17, 15) is 4.79 Å². The molecule has 0 fully saturated rings. The van der Waals surface area contributed by atoms with Crippen molar-refractivity contribution >= 4 is 23.4 Å². The number of nitrogens with one attached hydrogen (secondary N) is 1. The Morgan fingerprint density at radius 1 is 0.838 bits per heavy atom. The van der Waals surface area contributed by atoms with Crippen LogP contribution in [0.15, 0.2) is 108 Å². The molecule has 0 unspecified atom stereocenters. The second-order valence-electron chi connectivity index (χ2n) is 8.45. The first-order chi connectivity index (χ1) is 18.1. The van der Waals surface area contributed by atoms with Crippen molar-refractivity contribution in [2.24, 2.45) is 0 Å². The number of hydrogen-bond acceptors (Lipinski definition) is 5. The fourth-order valence-electron chi connectivity index (χ4n) is 4.00. The van der Waals surface area contributed by atoms with Crippen molar-refractivity contribution in [3.63, 3.8) is 0 Å². The average molecular weight is 507 g/mol. The Morgan fingerprint density at radius 2 is 1.54 bits per heavy atom. The number of para-hydroxylation sites is 1. The normalized spacial score (nSPS) is 10.8. The van der Waals surface area contributed by atoms with Gasteiger partial charge in [0.25, 0.3) is 0 Å². The Morgan fingerprint density at radius 3 is 2.27 bits per heavy atom. The zero-order chi connectivity index (χ0) is 25.6. The van der Waals surface area contributed by atoms with Crippen molar-refractivity contribution in [2.75, 3.05) is 18.2 Å². The Kier molecular flexibility index (Phi) is 7.33. The van der Waals surface area contributed by atoms with Crippen molar-refractivity contribution in [1.29, 1.82) is 0 Å². The van der Waals surface area contributed by atoms with Gasteiger partial charge in [-0.15, -0.1) is 10.2 Å². The number of rotatable bonds is 8. The van der Waals surface area contributed by atoms with E-state index in [0.717, 1.165) is 39.4 Å². The zero-order valence-corrected chi connectivity index (χ0v) is 21.4. The summed E-state index contributed by atoms with van der Waals surface area (Å²) >= 11 is 1.35. The number of thioether (sulfide) groups is 1. The lowest BCUT2D eigenvalue weighted by Crippen LogP contribution is -2.15. The van der Waals surface area contributed by atoms with E-state index in [2.05, 4.69) is 27.6 Å². The molecule has 0 atom stereocenters. The molecule has 0 aliphatic heterocycles. The van der Waals surface area contributed by atoms with Gasteiger partial charge in [0.15, 0.2) is 11.0 Å². The highest BCUT2D eigenvalue weighted by atomic mass is 32.2. The highest BCUT2D eigenvalue weighted by Gasteiger charge is 2.18. The van der Waals surface area contributed by atoms with E-state index in [1.165, 1.54) is 11.8 Å². The minimum absolute atomic E-state index is 0.113. The predicted octanol–water partition coefficient (Wildman–Crippen LogP) is 6.65. The van der Waals surface area contributed by atoms with Crippen LogP contribution in [-0.2, 0) is 4.79 Å². The van der Waals surface area contributed by atoms with Crippen LogP contribution in [0.4, 0.5) is 5.69 Å². The molecule has 1 amide bonds. The number of benzene rings is 4. The van der Waals surface area contributed by atoms with E-state index < -0.39 is 0 Å². The molecule has 0 aliphatic rings. The highest BCUT2D eigenvalue weighted by molar-refractivity contribution is 7.99. The van der Waals surface area contributed by atoms with E-state index in [1.807, 2.05) is 102 Å². The van der Waals surface area contributed by atoms with Gasteiger partial charge in [-0.25, -0.2) is 0 Å². The van der Waals surface area contributed by atoms with Crippen molar-refractivity contribution in [2.45, 2.75) is 12.1 Å². The van der Waals surface area contributed by atoms with E-state index in [4.69, 9.17) is 4.74 Å². The maximum atomic E-state index is 13.0. The third kappa shape index (κ3) is 5.57. The van der Waals surface area contributed by atoms with Gasteiger partial charge >= 0.3 is 0 Å². The van der Waals surface area contributed by atoms with Gasteiger partial charge in [0.2, 0.25) is 5.91 Å². The molecule has 0 radical (unpaired) electrons. The summed E-state index contributed by atoms with van der Waals surface area (Å²) in [6.45, 7) is 2.05. The number of carbonyl (C=O) groups is 1. The Hall–Kier alpha value is -4.36. The SMILES string of the molecule is COc1ccc(-c2nnc(SCC(=O)Nc3ccccc3-c3ccccc3)n2-c2ccc(C)cc2)cc1. The van der Waals surface area contributed by atoms with Crippen LogP contribution >= 0.6 is 11.8 Å². The predicted molar refractivity (Wildman–Crippen MR) is 149 cm³/mol. The number of methoxy groups -OCH3 is 1. The summed E-state index contributed by atoms with van der Waals surface area (Å²) in [6.07, 6.45) is 0. The van der Waals surface area contributed by atoms with Gasteiger partial charge in [0, 0.05) is 22.5 Å². The summed E-state index contributed by atoms with van der Waals surface area (Å²) in [5.41, 5.74) is 5.80. The smallest absolute Gasteiger partial charge is 0.234 e. The van der Waals surface area contributed by atoms with Crippen LogP contribution in [0.3, 0.4) is 0 Å². The molecular weight excluding hydrogens is 480 g/mol. The molecule has 1 heterocycles. The molecule has 0 aliphatic carbocycles. The van der Waals surface area contributed by atoms with Crippen molar-refractivity contribution < 1.29 is 9.53 Å². The summed E-state index contributed by atoms with van der Waals surface area (Å²) in [5.74, 6) is 1.55. The molecule has 37 heavy (non-hydrogen) atoms. The molecule has 184 valence electrons. The highest BCUT2D eigenvalue weighted by Crippen LogP contribution is 2.30. The van der Waals surface area contributed by atoms with Gasteiger partial charge < -0.3 is 10.1 Å². The standard InChI is InChI=1S/C30H26N4O2S/c1-21-12-16-24(17-13-21)34-29(23-14-18-25(36-2)19-15-23)32-33-30(34)37-20-28(35)31-27-11-7-6-10-26(27)22-8-4-3-5-9-22/h3-19H,20H2,1-2H3,(H,31,35). The second kappa shape index (κ2) is 11.1. The first-order valence-electron chi connectivity index (χ1n) is 11.9. The number of anilines is 1. The molecular formula is C30H26N4O2S. The van der Waals surface area contributed by atoms with Crippen LogP contribution in [0.5, 0.6) is 5.75 Å². The van der Waals surface area contributed by atoms with E-state index in [0.29, 0.717) is 11.0 Å². The van der Waals surface area contributed by atoms with Crippen molar-refractivity contribution in [1.82, 2.24) is 14.8 Å². The average Bonchev–Trinajstić information content (AvgIpc) is 3.37. The van der Waals surface area contributed by atoms with Crippen LogP contribution < -0.4 is 10.1 Å². The second-order valence-corrected chi connectivity index (χ2v) is 9.40. The van der Waals surface area contributed by atoms with Crippen LogP contribution in [0, 0.1) is 6.92 Å². The molecule has 0 bridgehead atoms. The van der Waals surface area contributed by atoms with Gasteiger partial charge in [-0.1, -0.05) is 78.0 Å². The lowest BCUT2D eigenvalue weighted by atomic mass is 10.0. The first-order valence-corrected chi connectivity index (χ1v) is 12.8. The largest absolute Gasteiger partial charge is 0.497 e. The lowest BCUT2D eigenvalue weighted by Gasteiger charge is -2.12. The number of ether oxygens (including phenoxy) is 1. The van der Waals surface area contributed by atoms with Crippen molar-refractivity contribution in [3.05, 3.63) is 109 Å². The summed E-state index contributed by atoms with van der Waals surface area (Å²) < 4.78 is 7.28. The summed E-state index contributed by atoms with van der Waals surface area (Å²) in [6, 6.07) is 33.7. The quantitative estimate of drug-likeness (QED) is 0.239. The third-order valence-electron chi connectivity index (χ3n) is 5.89. The van der Waals surface area contributed by atoms with E-state index in [-0.39, 0.29) is 11.7 Å². The number of carbonyl (C=O) groups excluding carboxylic acids is 1. The molecule has 7 heteroatoms. The van der Waals surface area contributed by atoms with Crippen LogP contribution in [0.25, 0.3) is 28.2 Å². The maximum absolute atomic E-state index is 13.0. The van der Waals surface area contributed by atoms with Crippen LogP contribution in [0.2, 0.25) is 0 Å². The van der Waals surface area contributed by atoms with Gasteiger partial charge in [0.05, 0.1) is 12.9 Å². The Balaban J connectivity index is 1.39. The van der Waals surface area contributed by atoms with Gasteiger partial charge in [0.1, 0.15) is 5.75 Å². The Labute approximate surface area is 220 Å². The number of aryl methyl sites for hydroxylation is 1. The maximum Gasteiger partial charge on any atom is 0.234 e. The summed E-state index contributed by atoms with van der Waals surface area (Å²) in [4.78, 5) is 13.0. The van der Waals surface area contributed by atoms with Crippen molar-refractivity contribution in [3.8, 4) is 34.0 Å². The molecule has 0 saturated carbocycles. The molecule has 6 nitrogen and oxygen atoms in total. The van der Waals surface area contributed by atoms with Crippen LogP contribution in [0.1, 0.15) is 5.56 Å². The fourth-order valence-corrected chi connectivity index (χ4v) is 4.75. The van der Waals surface area contributed by atoms with E-state index >= 15 is 0 Å². The topological polar surface area (TPSA) is 69.0 Å². The van der Waals surface area contributed by atoms with Gasteiger partial charge in [-0.2, -0.15) is 0 Å². The lowest BCUT2D eigenvalue weighted by molar-refractivity contribution is -0.113. The molecule has 5 rings (SSSR count). The van der Waals surface area contributed by atoms with Crippen LogP contribution in [-0.4, -0.2) is 33.5 Å². The monoisotopic (exact) mass is 506 g/mol. The summed E-state index contributed by atoms with van der Waals surface area (Å²) in [7, 11) is 1.64. The summed E-state index contributed by atoms with van der Waals surface area (Å²) in [5, 5.41) is 12.6. The minimum Gasteiger partial charge on any atom is -0.497 e. The number of hydrogen-bond donors (Lipinski definition) is 1. The molecule has 0 spiro atoms. The molecule has 1 N–H and O–H groups in total. The molecule has 4 aromatic carbocycles. The Bertz CT molecular complexity index is 1500. The molecule has 5 aromatic rings. The number of aromatic nitrogens is 3. The van der Waals surface area contributed by atoms with Gasteiger partial charge in [-0.3, -0.25) is 9.36 Å². The third-order valence-corrected chi connectivity index (χ3v) is 6.82. The molecule has 1 aromatic heterocycles. The molecule has 0 saturated heterocycles. The minimum atomic E-state index is -0.113. The van der Waals surface area contributed by atoms with Gasteiger partial charge in [-0.05, 0) is 55.0 Å². The number of nitrogens with zero attached hydrogens (tertiary/aromatic N) is 3. The fraction of sp³-hybridized carbons (Fsp3) is 0.100. The first kappa shape index (κ1) is 24.3. The number of amides is 1. The zero-order valence-electron chi connectivity index (χ0n) is 20.6. The van der Waals surface area contributed by atoms with E-state index in [1.54, 1.807) is 7.11 Å².